The van der Waals surface area contributed by atoms with Crippen molar-refractivity contribution in [2.45, 2.75) is 13.3 Å². The summed E-state index contributed by atoms with van der Waals surface area (Å²) in [7, 11) is 0. The summed E-state index contributed by atoms with van der Waals surface area (Å²) in [5, 5.41) is 2.84. The van der Waals surface area contributed by atoms with E-state index < -0.39 is 0 Å². The van der Waals surface area contributed by atoms with Gasteiger partial charge in [0.05, 0.1) is 5.75 Å². The molecule has 1 amide bonds. The van der Waals surface area contributed by atoms with Gasteiger partial charge in [-0.2, -0.15) is 0 Å². The Morgan fingerprint density at radius 3 is 3.00 bits per heavy atom. The molecule has 14 heavy (non-hydrogen) atoms. The Hall–Kier alpha value is -0.660. The first kappa shape index (κ1) is 13.3. The third-order valence-corrected chi connectivity index (χ3v) is 2.64. The van der Waals surface area contributed by atoms with E-state index in [1.165, 1.54) is 0 Å². The molecular weight excluding hydrogens is 196 g/mol. The average molecular weight is 214 g/mol. The molecule has 0 aliphatic rings. The van der Waals surface area contributed by atoms with Crippen LogP contribution in [0.25, 0.3) is 0 Å². The molecule has 0 radical (unpaired) electrons. The maximum atomic E-state index is 11.3. The van der Waals surface area contributed by atoms with Crippen LogP contribution in [0.2, 0.25) is 0 Å². The minimum atomic E-state index is 0.0117. The fourth-order valence-electron chi connectivity index (χ4n) is 0.933. The number of amides is 1. The van der Waals surface area contributed by atoms with Crippen molar-refractivity contribution in [1.82, 2.24) is 5.32 Å². The van der Waals surface area contributed by atoms with Crippen molar-refractivity contribution in [3.05, 3.63) is 0 Å². The zero-order chi connectivity index (χ0) is 10.8. The molecule has 0 aromatic carbocycles. The number of hydrogen-bond acceptors (Lipinski definition) is 3. The van der Waals surface area contributed by atoms with E-state index in [9.17, 15) is 4.79 Å². The van der Waals surface area contributed by atoms with Crippen molar-refractivity contribution < 1.29 is 4.79 Å². The molecule has 80 valence electrons. The third-order valence-electron chi connectivity index (χ3n) is 1.78. The number of carbonyl (C=O) groups is 1. The maximum Gasteiger partial charge on any atom is 0.222 e. The van der Waals surface area contributed by atoms with Gasteiger partial charge in [0.2, 0.25) is 5.91 Å². The Bertz CT molecular complexity index is 201. The molecule has 0 aromatic heterocycles. The van der Waals surface area contributed by atoms with Crippen LogP contribution in [0.15, 0.2) is 0 Å². The van der Waals surface area contributed by atoms with Gasteiger partial charge in [-0.25, -0.2) is 0 Å². The quantitative estimate of drug-likeness (QED) is 0.478. The molecule has 4 heteroatoms. The number of carbonyl (C=O) groups excluding carboxylic acids is 1. The Labute approximate surface area is 90.2 Å². The van der Waals surface area contributed by atoms with Gasteiger partial charge < -0.3 is 11.1 Å². The van der Waals surface area contributed by atoms with Crippen LogP contribution in [-0.2, 0) is 4.79 Å². The van der Waals surface area contributed by atoms with Crippen molar-refractivity contribution >= 4 is 17.7 Å². The normalized spacial score (nSPS) is 11.8. The minimum Gasteiger partial charge on any atom is -0.355 e. The predicted molar refractivity (Wildman–Crippen MR) is 62.0 cm³/mol. The lowest BCUT2D eigenvalue weighted by Crippen LogP contribution is -2.32. The van der Waals surface area contributed by atoms with Crippen LogP contribution in [0, 0.1) is 18.3 Å². The van der Waals surface area contributed by atoms with Crippen molar-refractivity contribution in [1.29, 1.82) is 0 Å². The van der Waals surface area contributed by atoms with E-state index in [1.807, 2.05) is 6.92 Å². The third kappa shape index (κ3) is 6.81. The van der Waals surface area contributed by atoms with Crippen molar-refractivity contribution in [3.8, 4) is 12.3 Å². The molecule has 0 rings (SSSR count). The Kier molecular flexibility index (Phi) is 8.50. The molecule has 0 aromatic rings. The van der Waals surface area contributed by atoms with Gasteiger partial charge in [-0.15, -0.1) is 18.2 Å². The average Bonchev–Trinajstić information content (AvgIpc) is 2.17. The van der Waals surface area contributed by atoms with Crippen LogP contribution in [0.5, 0.6) is 0 Å². The second-order valence-corrected chi connectivity index (χ2v) is 4.13. The molecule has 3 nitrogen and oxygen atoms in total. The van der Waals surface area contributed by atoms with Crippen LogP contribution in [-0.4, -0.2) is 30.5 Å². The standard InChI is InChI=1S/C10H18N2OS/c1-3-7-14-8-6-12-10(13)9(2)4-5-11/h1,9H,4-8,11H2,2H3,(H,12,13). The molecule has 1 unspecified atom stereocenters. The van der Waals surface area contributed by atoms with E-state index in [0.717, 1.165) is 12.2 Å². The molecular formula is C10H18N2OS. The van der Waals surface area contributed by atoms with Gasteiger partial charge in [0.15, 0.2) is 0 Å². The number of nitrogens with two attached hydrogens (primary N) is 1. The van der Waals surface area contributed by atoms with E-state index in [0.29, 0.717) is 18.8 Å². The van der Waals surface area contributed by atoms with Crippen LogP contribution in [0.1, 0.15) is 13.3 Å². The summed E-state index contributed by atoms with van der Waals surface area (Å²) in [5.74, 6) is 4.19. The number of rotatable bonds is 7. The fourth-order valence-corrected chi connectivity index (χ4v) is 1.44. The summed E-state index contributed by atoms with van der Waals surface area (Å²) in [4.78, 5) is 11.3. The Morgan fingerprint density at radius 2 is 2.43 bits per heavy atom. The van der Waals surface area contributed by atoms with Gasteiger partial charge in [0.1, 0.15) is 0 Å². The highest BCUT2D eigenvalue weighted by Crippen LogP contribution is 2.00. The van der Waals surface area contributed by atoms with Crippen LogP contribution in [0.4, 0.5) is 0 Å². The summed E-state index contributed by atoms with van der Waals surface area (Å²) in [6.45, 7) is 3.12. The van der Waals surface area contributed by atoms with Gasteiger partial charge in [-0.1, -0.05) is 12.8 Å². The highest BCUT2D eigenvalue weighted by molar-refractivity contribution is 7.99. The minimum absolute atomic E-state index is 0.0117. The lowest BCUT2D eigenvalue weighted by atomic mass is 10.1. The summed E-state index contributed by atoms with van der Waals surface area (Å²) in [6, 6.07) is 0. The second-order valence-electron chi connectivity index (χ2n) is 3.03. The Morgan fingerprint density at radius 1 is 1.71 bits per heavy atom. The van der Waals surface area contributed by atoms with Crippen molar-refractivity contribution in [3.63, 3.8) is 0 Å². The van der Waals surface area contributed by atoms with E-state index in [4.69, 9.17) is 12.2 Å². The smallest absolute Gasteiger partial charge is 0.222 e. The van der Waals surface area contributed by atoms with Gasteiger partial charge in [0.25, 0.3) is 0 Å². The number of hydrogen-bond donors (Lipinski definition) is 2. The molecule has 1 atom stereocenters. The zero-order valence-electron chi connectivity index (χ0n) is 8.58. The highest BCUT2D eigenvalue weighted by Gasteiger charge is 2.10. The van der Waals surface area contributed by atoms with Gasteiger partial charge in [-0.05, 0) is 13.0 Å². The van der Waals surface area contributed by atoms with E-state index in [-0.39, 0.29) is 11.8 Å². The molecule has 0 bridgehead atoms. The van der Waals surface area contributed by atoms with E-state index in [2.05, 4.69) is 11.2 Å². The first-order chi connectivity index (χ1) is 6.72. The molecule has 0 spiro atoms. The fraction of sp³-hybridized carbons (Fsp3) is 0.700. The molecule has 0 aliphatic carbocycles. The molecule has 0 saturated carbocycles. The number of terminal acetylenes is 1. The first-order valence-corrected chi connectivity index (χ1v) is 5.86. The zero-order valence-corrected chi connectivity index (χ0v) is 9.40. The summed E-state index contributed by atoms with van der Waals surface area (Å²) in [5.41, 5.74) is 5.36. The van der Waals surface area contributed by atoms with Gasteiger partial charge in [-0.3, -0.25) is 4.79 Å². The molecule has 0 heterocycles. The highest BCUT2D eigenvalue weighted by atomic mass is 32.2. The molecule has 0 saturated heterocycles. The lowest BCUT2D eigenvalue weighted by molar-refractivity contribution is -0.124. The van der Waals surface area contributed by atoms with E-state index in [1.54, 1.807) is 11.8 Å². The van der Waals surface area contributed by atoms with Crippen molar-refractivity contribution in [2.75, 3.05) is 24.6 Å². The summed E-state index contributed by atoms with van der Waals surface area (Å²) < 4.78 is 0. The van der Waals surface area contributed by atoms with Crippen LogP contribution < -0.4 is 11.1 Å². The summed E-state index contributed by atoms with van der Waals surface area (Å²) in [6.07, 6.45) is 5.83. The largest absolute Gasteiger partial charge is 0.355 e. The maximum absolute atomic E-state index is 11.3. The van der Waals surface area contributed by atoms with Gasteiger partial charge >= 0.3 is 0 Å². The molecule has 3 N–H and O–H groups in total. The monoisotopic (exact) mass is 214 g/mol. The predicted octanol–water partition coefficient (Wildman–Crippen LogP) is 0.454. The number of nitrogens with one attached hydrogen (secondary N) is 1. The van der Waals surface area contributed by atoms with Crippen LogP contribution in [0.3, 0.4) is 0 Å². The molecule has 0 aliphatic heterocycles. The molecule has 0 fully saturated rings. The van der Waals surface area contributed by atoms with E-state index >= 15 is 0 Å². The van der Waals surface area contributed by atoms with Gasteiger partial charge in [0, 0.05) is 18.2 Å². The second kappa shape index (κ2) is 8.92. The topological polar surface area (TPSA) is 55.1 Å². The Balaban J connectivity index is 3.40. The van der Waals surface area contributed by atoms with Crippen LogP contribution >= 0.6 is 11.8 Å². The SMILES string of the molecule is C#CCSCCNC(=O)C(C)CCN. The van der Waals surface area contributed by atoms with Crippen molar-refractivity contribution in [2.24, 2.45) is 11.7 Å². The number of thioether (sulfide) groups is 1. The first-order valence-electron chi connectivity index (χ1n) is 4.71. The lowest BCUT2D eigenvalue weighted by Gasteiger charge is -2.10. The summed E-state index contributed by atoms with van der Waals surface area (Å²) >= 11 is 1.64.